The summed E-state index contributed by atoms with van der Waals surface area (Å²) in [6.45, 7) is 2.56. The summed E-state index contributed by atoms with van der Waals surface area (Å²) < 4.78 is 28.7. The Labute approximate surface area is 179 Å². The van der Waals surface area contributed by atoms with Crippen LogP contribution < -0.4 is 5.32 Å². The van der Waals surface area contributed by atoms with E-state index < -0.39 is 10.0 Å². The number of piperazine rings is 1. The number of thiophene rings is 1. The zero-order valence-corrected chi connectivity index (χ0v) is 18.0. The van der Waals surface area contributed by atoms with Crippen LogP contribution in [0.3, 0.4) is 0 Å². The first-order chi connectivity index (χ1) is 14.5. The van der Waals surface area contributed by atoms with E-state index in [9.17, 15) is 13.2 Å². The summed E-state index contributed by atoms with van der Waals surface area (Å²) in [6, 6.07) is 14.2. The number of nitrogens with zero attached hydrogens (tertiary/aromatic N) is 4. The van der Waals surface area contributed by atoms with Gasteiger partial charge in [0.1, 0.15) is 5.82 Å². The van der Waals surface area contributed by atoms with Gasteiger partial charge in [-0.1, -0.05) is 24.3 Å². The number of rotatable bonds is 7. The molecule has 1 N–H and O–H groups in total. The van der Waals surface area contributed by atoms with Crippen LogP contribution in [-0.4, -0.2) is 66.0 Å². The second-order valence-electron chi connectivity index (χ2n) is 6.99. The number of nitrogens with one attached hydrogen (secondary N) is 1. The van der Waals surface area contributed by atoms with Gasteiger partial charge in [-0.05, 0) is 23.6 Å². The molecule has 3 heterocycles. The lowest BCUT2D eigenvalue weighted by Crippen LogP contribution is -2.50. The van der Waals surface area contributed by atoms with Gasteiger partial charge in [-0.2, -0.15) is 9.40 Å². The third-order valence-corrected chi connectivity index (χ3v) is 7.72. The van der Waals surface area contributed by atoms with Crippen molar-refractivity contribution in [3.63, 3.8) is 0 Å². The Bertz CT molecular complexity index is 1070. The first kappa shape index (κ1) is 20.7. The van der Waals surface area contributed by atoms with Gasteiger partial charge in [0.2, 0.25) is 15.9 Å². The number of sulfonamides is 1. The van der Waals surface area contributed by atoms with Crippen molar-refractivity contribution in [1.29, 1.82) is 0 Å². The fourth-order valence-corrected chi connectivity index (χ4v) is 5.50. The summed E-state index contributed by atoms with van der Waals surface area (Å²) in [5, 5.41) is 9.20. The van der Waals surface area contributed by atoms with Crippen molar-refractivity contribution in [3.8, 4) is 0 Å². The molecule has 2 aromatic heterocycles. The molecule has 8 nitrogen and oxygen atoms in total. The maximum atomic E-state index is 12.7. The number of carbonyl (C=O) groups is 1. The Morgan fingerprint density at radius 3 is 2.50 bits per heavy atom. The van der Waals surface area contributed by atoms with Crippen LogP contribution in [0.15, 0.2) is 65.0 Å². The number of amides is 1. The fraction of sp³-hybridized carbons (Fsp3) is 0.300. The van der Waals surface area contributed by atoms with E-state index in [0.717, 1.165) is 4.88 Å². The average molecular weight is 446 g/mol. The summed E-state index contributed by atoms with van der Waals surface area (Å²) in [6.07, 6.45) is 1.66. The van der Waals surface area contributed by atoms with E-state index in [1.165, 1.54) is 4.31 Å². The summed E-state index contributed by atoms with van der Waals surface area (Å²) in [5.41, 5.74) is 0. The second-order valence-corrected chi connectivity index (χ2v) is 9.97. The third-order valence-electron chi connectivity index (χ3n) is 4.95. The second kappa shape index (κ2) is 9.09. The predicted octanol–water partition coefficient (Wildman–Crippen LogP) is 1.94. The first-order valence-corrected chi connectivity index (χ1v) is 12.0. The summed E-state index contributed by atoms with van der Waals surface area (Å²) in [5.74, 6) is 0.515. The highest BCUT2D eigenvalue weighted by atomic mass is 32.2. The molecular formula is C20H23N5O3S2. The van der Waals surface area contributed by atoms with Crippen molar-refractivity contribution in [2.45, 2.75) is 11.4 Å². The molecule has 3 aromatic rings. The minimum atomic E-state index is -3.49. The lowest BCUT2D eigenvalue weighted by atomic mass is 10.3. The highest BCUT2D eigenvalue weighted by molar-refractivity contribution is 7.89. The Balaban J connectivity index is 1.30. The standard InChI is InChI=1S/C20H23N5O3S2/c26-20(22-19-8-9-21-25(19)15-17-5-4-14-29-17)16-23-10-12-24(13-11-23)30(27,28)18-6-2-1-3-7-18/h1-9,14H,10-13,15-16H2,(H,22,26). The van der Waals surface area contributed by atoms with Crippen LogP contribution in [0, 0.1) is 0 Å². The van der Waals surface area contributed by atoms with Crippen LogP contribution >= 0.6 is 11.3 Å². The molecule has 0 bridgehead atoms. The minimum Gasteiger partial charge on any atom is -0.310 e. The van der Waals surface area contributed by atoms with Gasteiger partial charge in [-0.25, -0.2) is 13.1 Å². The Morgan fingerprint density at radius 1 is 1.03 bits per heavy atom. The van der Waals surface area contributed by atoms with Crippen LogP contribution in [0.25, 0.3) is 0 Å². The number of aromatic nitrogens is 2. The monoisotopic (exact) mass is 445 g/mol. The van der Waals surface area contributed by atoms with Gasteiger partial charge in [0.25, 0.3) is 0 Å². The van der Waals surface area contributed by atoms with Gasteiger partial charge in [0.05, 0.1) is 24.2 Å². The van der Waals surface area contributed by atoms with Crippen LogP contribution in [0.2, 0.25) is 0 Å². The van der Waals surface area contributed by atoms with Gasteiger partial charge < -0.3 is 5.32 Å². The van der Waals surface area contributed by atoms with Crippen molar-refractivity contribution in [2.24, 2.45) is 0 Å². The van der Waals surface area contributed by atoms with Gasteiger partial charge >= 0.3 is 0 Å². The third kappa shape index (κ3) is 4.78. The van der Waals surface area contributed by atoms with E-state index in [-0.39, 0.29) is 12.5 Å². The van der Waals surface area contributed by atoms with E-state index >= 15 is 0 Å². The molecular weight excluding hydrogens is 422 g/mol. The number of hydrogen-bond acceptors (Lipinski definition) is 6. The largest absolute Gasteiger partial charge is 0.310 e. The molecule has 1 aliphatic rings. The SMILES string of the molecule is O=C(CN1CCN(S(=O)(=O)c2ccccc2)CC1)Nc1ccnn1Cc1cccs1. The molecule has 1 amide bonds. The van der Waals surface area contributed by atoms with Gasteiger partial charge in [-0.3, -0.25) is 9.69 Å². The molecule has 0 radical (unpaired) electrons. The number of carbonyl (C=O) groups excluding carboxylic acids is 1. The molecule has 0 unspecified atom stereocenters. The molecule has 1 saturated heterocycles. The topological polar surface area (TPSA) is 87.5 Å². The molecule has 1 aliphatic heterocycles. The van der Waals surface area contributed by atoms with Crippen molar-refractivity contribution in [1.82, 2.24) is 19.0 Å². The van der Waals surface area contributed by atoms with Crippen LogP contribution in [0.4, 0.5) is 5.82 Å². The maximum Gasteiger partial charge on any atom is 0.243 e. The zero-order valence-electron chi connectivity index (χ0n) is 16.3. The van der Waals surface area contributed by atoms with Gasteiger partial charge in [0, 0.05) is 37.1 Å². The first-order valence-electron chi connectivity index (χ1n) is 9.64. The Hall–Kier alpha value is -2.53. The molecule has 0 spiro atoms. The molecule has 1 fully saturated rings. The highest BCUT2D eigenvalue weighted by Crippen LogP contribution is 2.18. The Morgan fingerprint density at radius 2 is 1.80 bits per heavy atom. The molecule has 10 heteroatoms. The predicted molar refractivity (Wildman–Crippen MR) is 116 cm³/mol. The average Bonchev–Trinajstić information content (AvgIpc) is 3.42. The van der Waals surface area contributed by atoms with E-state index in [0.29, 0.717) is 43.4 Å². The quantitative estimate of drug-likeness (QED) is 0.601. The maximum absolute atomic E-state index is 12.7. The number of anilines is 1. The van der Waals surface area contributed by atoms with E-state index in [1.54, 1.807) is 58.6 Å². The lowest BCUT2D eigenvalue weighted by Gasteiger charge is -2.33. The number of benzene rings is 1. The molecule has 0 atom stereocenters. The smallest absolute Gasteiger partial charge is 0.243 e. The molecule has 158 valence electrons. The summed E-state index contributed by atoms with van der Waals surface area (Å²) in [7, 11) is -3.49. The normalized spacial score (nSPS) is 15.9. The molecule has 0 saturated carbocycles. The molecule has 4 rings (SSSR count). The molecule has 1 aromatic carbocycles. The van der Waals surface area contributed by atoms with Gasteiger partial charge in [0.15, 0.2) is 0 Å². The van der Waals surface area contributed by atoms with Crippen molar-refractivity contribution in [3.05, 3.63) is 65.0 Å². The van der Waals surface area contributed by atoms with E-state index in [4.69, 9.17) is 0 Å². The van der Waals surface area contributed by atoms with E-state index in [1.807, 2.05) is 22.4 Å². The molecule has 0 aliphatic carbocycles. The Kier molecular flexibility index (Phi) is 6.28. The van der Waals surface area contributed by atoms with Crippen molar-refractivity contribution >= 4 is 33.1 Å². The zero-order chi connectivity index (χ0) is 21.0. The number of hydrogen-bond donors (Lipinski definition) is 1. The van der Waals surface area contributed by atoms with E-state index in [2.05, 4.69) is 10.4 Å². The van der Waals surface area contributed by atoms with Gasteiger partial charge in [-0.15, -0.1) is 11.3 Å². The highest BCUT2D eigenvalue weighted by Gasteiger charge is 2.29. The molecule has 30 heavy (non-hydrogen) atoms. The lowest BCUT2D eigenvalue weighted by molar-refractivity contribution is -0.117. The van der Waals surface area contributed by atoms with Crippen LogP contribution in [0.5, 0.6) is 0 Å². The summed E-state index contributed by atoms with van der Waals surface area (Å²) >= 11 is 1.64. The van der Waals surface area contributed by atoms with Crippen LogP contribution in [-0.2, 0) is 21.4 Å². The van der Waals surface area contributed by atoms with Crippen LogP contribution in [0.1, 0.15) is 4.88 Å². The fourth-order valence-electron chi connectivity index (χ4n) is 3.37. The van der Waals surface area contributed by atoms with Crippen molar-refractivity contribution in [2.75, 3.05) is 38.0 Å². The van der Waals surface area contributed by atoms with Crippen molar-refractivity contribution < 1.29 is 13.2 Å². The summed E-state index contributed by atoms with van der Waals surface area (Å²) in [4.78, 5) is 15.9. The minimum absolute atomic E-state index is 0.137.